The molecule has 14 heteroatoms. The fourth-order valence-electron chi connectivity index (χ4n) is 8.09. The molecule has 0 spiro atoms. The van der Waals surface area contributed by atoms with E-state index in [4.69, 9.17) is 4.65 Å². The fourth-order valence-corrected chi connectivity index (χ4v) is 8.09. The maximum atomic E-state index is 14.0. The summed E-state index contributed by atoms with van der Waals surface area (Å²) in [5.41, 5.74) is -0.765. The van der Waals surface area contributed by atoms with Gasteiger partial charge in [0.15, 0.2) is 0 Å². The number of alkyl halides is 6. The third-order valence-electron chi connectivity index (χ3n) is 10.4. The second kappa shape index (κ2) is 13.8. The van der Waals surface area contributed by atoms with E-state index in [-0.39, 0.29) is 31.0 Å². The molecule has 0 radical (unpaired) electrons. The number of carbonyl (C=O) groups excluding carboxylic acids is 2. The van der Waals surface area contributed by atoms with Crippen LogP contribution in [-0.2, 0) is 26.6 Å². The first-order valence-corrected chi connectivity index (χ1v) is 17.0. The highest BCUT2D eigenvalue weighted by Gasteiger charge is 2.58. The number of aliphatic hydroxyl groups excluding tert-OH is 1. The first kappa shape index (κ1) is 36.4. The number of anilines is 1. The minimum Gasteiger partial charge on any atom is -0.507 e. The number of allylic oxidation sites excluding steroid dienone is 1. The molecular formula is C39H32BF6NO6. The van der Waals surface area contributed by atoms with Gasteiger partial charge in [0.05, 0.1) is 41.4 Å². The molecular weight excluding hydrogens is 703 g/mol. The summed E-state index contributed by atoms with van der Waals surface area (Å²) < 4.78 is 88.3. The van der Waals surface area contributed by atoms with Crippen molar-refractivity contribution in [2.45, 2.75) is 44.0 Å². The zero-order chi connectivity index (χ0) is 37.8. The van der Waals surface area contributed by atoms with Crippen molar-refractivity contribution in [3.8, 4) is 5.75 Å². The largest absolute Gasteiger partial charge is 0.507 e. The van der Waals surface area contributed by atoms with E-state index >= 15 is 0 Å². The maximum Gasteiger partial charge on any atom is 0.455 e. The molecule has 53 heavy (non-hydrogen) atoms. The van der Waals surface area contributed by atoms with E-state index < -0.39 is 78.6 Å². The van der Waals surface area contributed by atoms with Crippen molar-refractivity contribution < 1.29 is 55.8 Å². The van der Waals surface area contributed by atoms with Crippen LogP contribution < -0.4 is 4.90 Å². The Morgan fingerprint density at radius 3 is 2.13 bits per heavy atom. The minimum atomic E-state index is -5.20. The number of carbonyl (C=O) groups is 2. The summed E-state index contributed by atoms with van der Waals surface area (Å²) in [5, 5.41) is 33.4. The summed E-state index contributed by atoms with van der Waals surface area (Å²) in [6.07, 6.45) is -9.01. The van der Waals surface area contributed by atoms with Crippen molar-refractivity contribution in [3.05, 3.63) is 118 Å². The first-order chi connectivity index (χ1) is 25.2. The number of rotatable bonds is 7. The molecule has 2 amide bonds. The molecule has 1 aliphatic carbocycles. The van der Waals surface area contributed by atoms with Gasteiger partial charge in [-0.05, 0) is 89.0 Å². The average Bonchev–Trinajstić information content (AvgIpc) is 3.38. The zero-order valence-corrected chi connectivity index (χ0v) is 27.9. The van der Waals surface area contributed by atoms with Gasteiger partial charge in [0, 0.05) is 5.39 Å². The smallest absolute Gasteiger partial charge is 0.455 e. The number of imide groups is 1. The lowest BCUT2D eigenvalue weighted by molar-refractivity contribution is -0.143. The number of aliphatic hydroxyl groups is 1. The van der Waals surface area contributed by atoms with Crippen LogP contribution >= 0.6 is 0 Å². The van der Waals surface area contributed by atoms with Crippen molar-refractivity contribution >= 4 is 47.0 Å². The van der Waals surface area contributed by atoms with E-state index in [2.05, 4.69) is 0 Å². The molecule has 4 aromatic rings. The van der Waals surface area contributed by atoms with Crippen LogP contribution in [0.25, 0.3) is 22.4 Å². The van der Waals surface area contributed by atoms with Crippen molar-refractivity contribution in [1.82, 2.24) is 0 Å². The molecule has 0 saturated carbocycles. The van der Waals surface area contributed by atoms with Crippen LogP contribution in [0.5, 0.6) is 5.75 Å². The summed E-state index contributed by atoms with van der Waals surface area (Å²) >= 11 is 0. The summed E-state index contributed by atoms with van der Waals surface area (Å²) in [4.78, 5) is 28.2. The summed E-state index contributed by atoms with van der Waals surface area (Å²) in [5.74, 6) is -5.12. The van der Waals surface area contributed by atoms with Crippen LogP contribution in [0.15, 0.2) is 96.1 Å². The van der Waals surface area contributed by atoms with Gasteiger partial charge in [-0.3, -0.25) is 9.59 Å². The van der Waals surface area contributed by atoms with Crippen LogP contribution in [-0.4, -0.2) is 46.9 Å². The number of aromatic hydroxyl groups is 1. The van der Waals surface area contributed by atoms with Crippen molar-refractivity contribution in [1.29, 1.82) is 0 Å². The predicted octanol–water partition coefficient (Wildman–Crippen LogP) is 7.90. The van der Waals surface area contributed by atoms with E-state index in [0.29, 0.717) is 40.0 Å². The number of phenols is 1. The Hall–Kier alpha value is -4.92. The highest BCUT2D eigenvalue weighted by Crippen LogP contribution is 2.52. The van der Waals surface area contributed by atoms with E-state index in [9.17, 15) is 51.2 Å². The Morgan fingerprint density at radius 1 is 0.849 bits per heavy atom. The molecule has 274 valence electrons. The Bertz CT molecular complexity index is 2120. The van der Waals surface area contributed by atoms with Crippen LogP contribution in [0.4, 0.5) is 32.0 Å². The molecule has 0 bridgehead atoms. The summed E-state index contributed by atoms with van der Waals surface area (Å²) in [6, 6.07) is 20.8. The molecule has 3 aliphatic rings. The Balaban J connectivity index is 1.23. The van der Waals surface area contributed by atoms with Crippen LogP contribution in [0.1, 0.15) is 41.5 Å². The number of amides is 2. The molecule has 7 nitrogen and oxygen atoms in total. The Labute approximate surface area is 299 Å². The molecule has 0 aromatic heterocycles. The van der Waals surface area contributed by atoms with Gasteiger partial charge in [0.1, 0.15) is 5.75 Å². The third kappa shape index (κ3) is 6.86. The van der Waals surface area contributed by atoms with E-state index in [1.54, 1.807) is 18.2 Å². The summed E-state index contributed by atoms with van der Waals surface area (Å²) in [7, 11) is -1.42. The topological polar surface area (TPSA) is 107 Å². The van der Waals surface area contributed by atoms with Crippen molar-refractivity contribution in [3.63, 3.8) is 0 Å². The number of hydrogen-bond donors (Lipinski definition) is 3. The molecule has 4 atom stereocenters. The zero-order valence-electron chi connectivity index (χ0n) is 27.9. The molecule has 4 aromatic carbocycles. The minimum absolute atomic E-state index is 0.0766. The van der Waals surface area contributed by atoms with Gasteiger partial charge in [-0.15, -0.1) is 0 Å². The van der Waals surface area contributed by atoms with Gasteiger partial charge in [-0.25, -0.2) is 4.90 Å². The van der Waals surface area contributed by atoms with Crippen LogP contribution in [0.2, 0.25) is 6.32 Å². The lowest BCUT2D eigenvalue weighted by Crippen LogP contribution is -2.46. The van der Waals surface area contributed by atoms with Crippen LogP contribution in [0, 0.1) is 17.8 Å². The number of phenolic OH excluding ortho intramolecular Hbond substituents is 1. The normalized spacial score (nSPS) is 22.5. The van der Waals surface area contributed by atoms with Crippen molar-refractivity contribution in [2.75, 3.05) is 11.5 Å². The van der Waals surface area contributed by atoms with Gasteiger partial charge in [-0.2, -0.15) is 26.3 Å². The maximum absolute atomic E-state index is 14.0. The number of hydrogen-bond acceptors (Lipinski definition) is 6. The lowest BCUT2D eigenvalue weighted by Gasteiger charge is -2.43. The molecule has 2 fully saturated rings. The first-order valence-electron chi connectivity index (χ1n) is 17.0. The highest BCUT2D eigenvalue weighted by atomic mass is 19.4. The molecule has 0 unspecified atom stereocenters. The fraction of sp³-hybridized carbons (Fsp3) is 0.282. The molecule has 2 heterocycles. The molecule has 2 saturated heterocycles. The lowest BCUT2D eigenvalue weighted by atomic mass is 9.58. The van der Waals surface area contributed by atoms with E-state index in [1.165, 1.54) is 0 Å². The third-order valence-corrected chi connectivity index (χ3v) is 10.4. The summed E-state index contributed by atoms with van der Waals surface area (Å²) in [6.45, 7) is -0.546. The quantitative estimate of drug-likeness (QED) is 0.0586. The van der Waals surface area contributed by atoms with Gasteiger partial charge in [0.25, 0.3) is 0 Å². The van der Waals surface area contributed by atoms with Crippen LogP contribution in [0.3, 0.4) is 0 Å². The van der Waals surface area contributed by atoms with E-state index in [0.717, 1.165) is 22.1 Å². The average molecular weight is 735 g/mol. The number of fused-ring (bicyclic) bond motifs is 4. The standard InChI is InChI=1S/C39H32BF6NO6/c41-38(42,43)25-16-26(39(44,45)46)18-27(17-25)47-36(50)30-15-24(20-48)34-31(35(30)37(47)51)19-40(52)53-33(34)13-11-22(21-6-2-1-3-7-21)14-23-10-12-32(49)29-9-5-4-8-28(23)29/h1-10,12,14,16-18,30-31,33,35,48-49,52H,11,13,15,19-20H2/b22-14-/t30-,31+,33-,35-/m1/s1. The molecule has 3 N–H and O–H groups in total. The molecule has 7 rings (SSSR count). The number of halogens is 6. The van der Waals surface area contributed by atoms with E-state index in [1.807, 2.05) is 54.6 Å². The highest BCUT2D eigenvalue weighted by molar-refractivity contribution is 6.43. The second-order valence-corrected chi connectivity index (χ2v) is 13.5. The predicted molar refractivity (Wildman–Crippen MR) is 185 cm³/mol. The monoisotopic (exact) mass is 735 g/mol. The van der Waals surface area contributed by atoms with Gasteiger partial charge >= 0.3 is 19.5 Å². The van der Waals surface area contributed by atoms with Gasteiger partial charge < -0.3 is 19.9 Å². The van der Waals surface area contributed by atoms with Gasteiger partial charge in [0.2, 0.25) is 11.8 Å². The second-order valence-electron chi connectivity index (χ2n) is 13.5. The van der Waals surface area contributed by atoms with Gasteiger partial charge in [-0.1, -0.05) is 66.7 Å². The van der Waals surface area contributed by atoms with Crippen molar-refractivity contribution in [2.24, 2.45) is 17.8 Å². The number of benzene rings is 4. The Morgan fingerprint density at radius 2 is 1.49 bits per heavy atom. The SMILES string of the molecule is O=C1[C@@H]2[C@@H](CC(CO)=C3[C@@H](CC/C(=C/c4ccc(O)c5ccccc45)c4ccccc4)OB(O)C[C@@H]32)C(=O)N1c1cc(C(F)(F)F)cc(C(F)(F)F)c1. The molecule has 2 aliphatic heterocycles. The number of nitrogens with zero attached hydrogens (tertiary/aromatic N) is 1. The Kier molecular flexibility index (Phi) is 9.50.